The molecule has 5 nitrogen and oxygen atoms in total. The van der Waals surface area contributed by atoms with Gasteiger partial charge in [0.1, 0.15) is 11.9 Å². The Morgan fingerprint density at radius 3 is 2.60 bits per heavy atom. The summed E-state index contributed by atoms with van der Waals surface area (Å²) in [4.78, 5) is 10.7. The molecule has 0 aromatic carbocycles. The Hall–Kier alpha value is -0.880. The highest BCUT2D eigenvalue weighted by molar-refractivity contribution is 7.86. The van der Waals surface area contributed by atoms with Crippen molar-refractivity contribution in [3.05, 3.63) is 12.7 Å². The van der Waals surface area contributed by atoms with Gasteiger partial charge in [0, 0.05) is 6.08 Å². The maximum Gasteiger partial charge on any atom is 0.330 e. The van der Waals surface area contributed by atoms with Gasteiger partial charge in [0.05, 0.1) is 0 Å². The number of carbonyl (C=O) groups excluding carboxylic acids is 1. The molecule has 0 saturated heterocycles. The molecule has 1 N–H and O–H groups in total. The minimum absolute atomic E-state index is 0.278. The first-order valence-corrected chi connectivity index (χ1v) is 6.17. The zero-order chi connectivity index (χ0) is 11.9. The lowest BCUT2D eigenvalue weighted by molar-refractivity contribution is -0.137. The maximum atomic E-state index is 10.9. The lowest BCUT2D eigenvalue weighted by atomic mass is 10.2. The van der Waals surface area contributed by atoms with Crippen molar-refractivity contribution >= 4 is 16.1 Å². The molecule has 0 aliphatic carbocycles. The molecule has 0 heterocycles. The molecule has 0 radical (unpaired) electrons. The summed E-state index contributed by atoms with van der Waals surface area (Å²) in [6, 6.07) is 0. The summed E-state index contributed by atoms with van der Waals surface area (Å²) in [5, 5.41) is -1.04. The molecule has 0 aliphatic heterocycles. The number of hydrogen-bond acceptors (Lipinski definition) is 4. The highest BCUT2D eigenvalue weighted by atomic mass is 32.2. The summed E-state index contributed by atoms with van der Waals surface area (Å²) in [6.45, 7) is 4.75. The second-order valence-electron chi connectivity index (χ2n) is 3.11. The normalized spacial score (nSPS) is 13.2. The monoisotopic (exact) mass is 236 g/mol. The zero-order valence-corrected chi connectivity index (χ0v) is 9.50. The minimum atomic E-state index is -4.15. The van der Waals surface area contributed by atoms with Gasteiger partial charge in [0.25, 0.3) is 10.1 Å². The van der Waals surface area contributed by atoms with Crippen molar-refractivity contribution in [1.29, 1.82) is 0 Å². The fourth-order valence-corrected chi connectivity index (χ4v) is 1.69. The molecule has 0 aromatic heterocycles. The van der Waals surface area contributed by atoms with E-state index < -0.39 is 21.3 Å². The molecule has 0 amide bonds. The Morgan fingerprint density at radius 2 is 2.20 bits per heavy atom. The van der Waals surface area contributed by atoms with Crippen LogP contribution in [0.3, 0.4) is 0 Å². The molecule has 1 unspecified atom stereocenters. The maximum absolute atomic E-state index is 10.9. The summed E-state index contributed by atoms with van der Waals surface area (Å²) < 4.78 is 35.2. The summed E-state index contributed by atoms with van der Waals surface area (Å²) in [5.74, 6) is -0.694. The average Bonchev–Trinajstić information content (AvgIpc) is 2.15. The number of ether oxygens (including phenoxy) is 1. The summed E-state index contributed by atoms with van der Waals surface area (Å²) >= 11 is 0. The zero-order valence-electron chi connectivity index (χ0n) is 8.68. The van der Waals surface area contributed by atoms with Crippen molar-refractivity contribution in [2.24, 2.45) is 0 Å². The SMILES string of the molecule is C=CC(=O)OCC(CCCC)S(=O)(=O)O. The van der Waals surface area contributed by atoms with E-state index in [1.807, 2.05) is 6.92 Å². The van der Waals surface area contributed by atoms with E-state index in [4.69, 9.17) is 4.55 Å². The van der Waals surface area contributed by atoms with Crippen LogP contribution < -0.4 is 0 Å². The van der Waals surface area contributed by atoms with E-state index in [0.29, 0.717) is 6.42 Å². The Labute approximate surface area is 89.9 Å². The van der Waals surface area contributed by atoms with Crippen molar-refractivity contribution < 1.29 is 22.5 Å². The molecule has 1 atom stereocenters. The van der Waals surface area contributed by atoms with Gasteiger partial charge in [-0.15, -0.1) is 0 Å². The molecular formula is C9H16O5S. The number of carbonyl (C=O) groups is 1. The molecule has 0 aliphatic rings. The first-order chi connectivity index (χ1) is 6.91. The van der Waals surface area contributed by atoms with E-state index in [1.54, 1.807) is 0 Å². The lowest BCUT2D eigenvalue weighted by Crippen LogP contribution is -2.27. The van der Waals surface area contributed by atoms with E-state index in [1.165, 1.54) is 0 Å². The smallest absolute Gasteiger partial charge is 0.330 e. The summed E-state index contributed by atoms with van der Waals surface area (Å²) in [5.41, 5.74) is 0. The molecule has 0 bridgehead atoms. The molecule has 6 heteroatoms. The first-order valence-electron chi connectivity index (χ1n) is 4.67. The third kappa shape index (κ3) is 6.24. The van der Waals surface area contributed by atoms with Crippen LogP contribution in [0.25, 0.3) is 0 Å². The third-order valence-electron chi connectivity index (χ3n) is 1.88. The van der Waals surface area contributed by atoms with Crippen LogP contribution in [0.15, 0.2) is 12.7 Å². The third-order valence-corrected chi connectivity index (χ3v) is 3.09. The predicted molar refractivity (Wildman–Crippen MR) is 56.0 cm³/mol. The molecule has 0 saturated carbocycles. The van der Waals surface area contributed by atoms with Crippen LogP contribution in [0.5, 0.6) is 0 Å². The number of esters is 1. The highest BCUT2D eigenvalue weighted by Crippen LogP contribution is 2.09. The van der Waals surface area contributed by atoms with Crippen LogP contribution in [0.2, 0.25) is 0 Å². The molecule has 88 valence electrons. The van der Waals surface area contributed by atoms with Crippen molar-refractivity contribution in [3.8, 4) is 0 Å². The van der Waals surface area contributed by atoms with Crippen molar-refractivity contribution in [2.45, 2.75) is 31.4 Å². The van der Waals surface area contributed by atoms with Gasteiger partial charge in [-0.1, -0.05) is 26.3 Å². The van der Waals surface area contributed by atoms with Crippen LogP contribution in [0, 0.1) is 0 Å². The van der Waals surface area contributed by atoms with E-state index in [9.17, 15) is 13.2 Å². The average molecular weight is 236 g/mol. The lowest BCUT2D eigenvalue weighted by Gasteiger charge is -2.12. The quantitative estimate of drug-likeness (QED) is 0.407. The van der Waals surface area contributed by atoms with Crippen molar-refractivity contribution in [3.63, 3.8) is 0 Å². The van der Waals surface area contributed by atoms with Gasteiger partial charge in [-0.2, -0.15) is 8.42 Å². The van der Waals surface area contributed by atoms with Gasteiger partial charge in [-0.05, 0) is 6.42 Å². The molecule has 0 rings (SSSR count). The van der Waals surface area contributed by atoms with Gasteiger partial charge in [-0.3, -0.25) is 4.55 Å². The first kappa shape index (κ1) is 14.1. The van der Waals surface area contributed by atoms with Gasteiger partial charge in [0.2, 0.25) is 0 Å². The fraction of sp³-hybridized carbons (Fsp3) is 0.667. The van der Waals surface area contributed by atoms with Gasteiger partial charge in [0.15, 0.2) is 0 Å². The van der Waals surface area contributed by atoms with E-state index in [0.717, 1.165) is 12.5 Å². The topological polar surface area (TPSA) is 80.7 Å². The second-order valence-corrected chi connectivity index (χ2v) is 4.81. The number of unbranched alkanes of at least 4 members (excludes halogenated alkanes) is 1. The predicted octanol–water partition coefficient (Wildman–Crippen LogP) is 1.16. The molecule has 15 heavy (non-hydrogen) atoms. The molecule has 0 fully saturated rings. The van der Waals surface area contributed by atoms with Crippen LogP contribution in [0.1, 0.15) is 26.2 Å². The van der Waals surface area contributed by atoms with Gasteiger partial charge >= 0.3 is 5.97 Å². The standard InChI is InChI=1S/C9H16O5S/c1-3-5-6-8(15(11,12)13)7-14-9(10)4-2/h4,8H,2-3,5-7H2,1H3,(H,11,12,13). The van der Waals surface area contributed by atoms with E-state index in [-0.39, 0.29) is 13.0 Å². The number of hydrogen-bond donors (Lipinski definition) is 1. The minimum Gasteiger partial charge on any atom is -0.461 e. The Kier molecular flexibility index (Phi) is 6.19. The van der Waals surface area contributed by atoms with E-state index in [2.05, 4.69) is 11.3 Å². The Morgan fingerprint density at radius 1 is 1.60 bits per heavy atom. The Bertz CT molecular complexity index is 306. The Balaban J connectivity index is 4.26. The second kappa shape index (κ2) is 6.58. The van der Waals surface area contributed by atoms with Crippen molar-refractivity contribution in [2.75, 3.05) is 6.61 Å². The summed E-state index contributed by atoms with van der Waals surface area (Å²) in [7, 11) is -4.15. The summed E-state index contributed by atoms with van der Waals surface area (Å²) in [6.07, 6.45) is 2.68. The van der Waals surface area contributed by atoms with Crippen molar-refractivity contribution in [1.82, 2.24) is 0 Å². The van der Waals surface area contributed by atoms with Gasteiger partial charge < -0.3 is 4.74 Å². The highest BCUT2D eigenvalue weighted by Gasteiger charge is 2.23. The van der Waals surface area contributed by atoms with E-state index >= 15 is 0 Å². The van der Waals surface area contributed by atoms with Gasteiger partial charge in [-0.25, -0.2) is 4.79 Å². The van der Waals surface area contributed by atoms with Crippen LogP contribution in [-0.4, -0.2) is 30.8 Å². The molecule has 0 aromatic rings. The van der Waals surface area contributed by atoms with Crippen LogP contribution in [-0.2, 0) is 19.6 Å². The largest absolute Gasteiger partial charge is 0.461 e. The molecule has 0 spiro atoms. The number of rotatable bonds is 7. The van der Waals surface area contributed by atoms with Crippen LogP contribution >= 0.6 is 0 Å². The van der Waals surface area contributed by atoms with Crippen LogP contribution in [0.4, 0.5) is 0 Å². The molecular weight excluding hydrogens is 220 g/mol. The fourth-order valence-electron chi connectivity index (χ4n) is 0.984.